The summed E-state index contributed by atoms with van der Waals surface area (Å²) in [6, 6.07) is 29.8. The van der Waals surface area contributed by atoms with E-state index in [1.807, 2.05) is 38.1 Å². The average Bonchev–Trinajstić information content (AvgIpc) is 2.93. The Hall–Kier alpha value is -3.57. The smallest absolute Gasteiger partial charge is 0.206 e. The maximum absolute atomic E-state index is 13.3. The molecule has 0 aromatic heterocycles. The van der Waals surface area contributed by atoms with E-state index < -0.39 is 15.4 Å². The van der Waals surface area contributed by atoms with E-state index in [1.165, 1.54) is 5.56 Å². The summed E-state index contributed by atoms with van der Waals surface area (Å²) in [6.07, 6.45) is 0. The molecule has 0 aliphatic heterocycles. The first-order valence-electron chi connectivity index (χ1n) is 14.5. The zero-order valence-corrected chi connectivity index (χ0v) is 27.2. The van der Waals surface area contributed by atoms with Crippen LogP contribution in [-0.2, 0) is 15.3 Å². The van der Waals surface area contributed by atoms with Crippen LogP contribution in [0.4, 0.5) is 0 Å². The van der Waals surface area contributed by atoms with Crippen LogP contribution in [0.5, 0.6) is 17.2 Å². The SMILES string of the molecule is CC(C)C(C)(C)c1ccc(-c2ccc(Oc3ccc(S(=O)(=O)c4ccc(OC(C)(C)C(C)(C)C)cc4)cc3)cc2)cc1. The third-order valence-electron chi connectivity index (χ3n) is 8.94. The van der Waals surface area contributed by atoms with E-state index in [1.54, 1.807) is 48.5 Å². The molecule has 0 aliphatic carbocycles. The molecule has 0 bridgehead atoms. The van der Waals surface area contributed by atoms with Crippen LogP contribution < -0.4 is 9.47 Å². The fraction of sp³-hybridized carbons (Fsp3) is 0.351. The van der Waals surface area contributed by atoms with Crippen LogP contribution in [0.3, 0.4) is 0 Å². The van der Waals surface area contributed by atoms with Crippen LogP contribution in [0.15, 0.2) is 107 Å². The normalized spacial score (nSPS) is 12.8. The number of sulfone groups is 1. The summed E-state index contributed by atoms with van der Waals surface area (Å²) in [6.45, 7) is 19.5. The van der Waals surface area contributed by atoms with Gasteiger partial charge in [-0.25, -0.2) is 8.42 Å². The molecule has 42 heavy (non-hydrogen) atoms. The second kappa shape index (κ2) is 11.6. The molecule has 222 valence electrons. The fourth-order valence-corrected chi connectivity index (χ4v) is 5.50. The second-order valence-electron chi connectivity index (χ2n) is 13.4. The zero-order chi connectivity index (χ0) is 30.9. The van der Waals surface area contributed by atoms with Crippen LogP contribution in [-0.4, -0.2) is 14.0 Å². The molecule has 4 rings (SSSR count). The summed E-state index contributed by atoms with van der Waals surface area (Å²) in [5.74, 6) is 2.43. The van der Waals surface area contributed by atoms with Crippen molar-refractivity contribution in [1.82, 2.24) is 0 Å². The molecule has 0 unspecified atom stereocenters. The van der Waals surface area contributed by atoms with Crippen molar-refractivity contribution in [3.05, 3.63) is 103 Å². The van der Waals surface area contributed by atoms with Gasteiger partial charge in [-0.3, -0.25) is 0 Å². The van der Waals surface area contributed by atoms with Crippen LogP contribution in [0.25, 0.3) is 11.1 Å². The molecule has 4 nitrogen and oxygen atoms in total. The van der Waals surface area contributed by atoms with Crippen LogP contribution in [0.1, 0.15) is 67.9 Å². The van der Waals surface area contributed by atoms with Crippen molar-refractivity contribution in [1.29, 1.82) is 0 Å². The monoisotopic (exact) mass is 584 g/mol. The van der Waals surface area contributed by atoms with Gasteiger partial charge < -0.3 is 9.47 Å². The minimum absolute atomic E-state index is 0.0827. The average molecular weight is 585 g/mol. The van der Waals surface area contributed by atoms with Crippen molar-refractivity contribution in [2.24, 2.45) is 11.3 Å². The molecular formula is C37H44O4S. The Morgan fingerprint density at radius 1 is 0.548 bits per heavy atom. The van der Waals surface area contributed by atoms with E-state index in [2.05, 4.69) is 72.7 Å². The molecule has 0 N–H and O–H groups in total. The molecule has 0 radical (unpaired) electrons. The molecule has 0 saturated carbocycles. The van der Waals surface area contributed by atoms with E-state index in [0.717, 1.165) is 11.1 Å². The van der Waals surface area contributed by atoms with Crippen LogP contribution in [0, 0.1) is 11.3 Å². The summed E-state index contributed by atoms with van der Waals surface area (Å²) in [7, 11) is -3.68. The van der Waals surface area contributed by atoms with Crippen molar-refractivity contribution in [2.45, 2.75) is 83.1 Å². The van der Waals surface area contributed by atoms with E-state index >= 15 is 0 Å². The first kappa shape index (κ1) is 31.4. The summed E-state index contributed by atoms with van der Waals surface area (Å²) in [5, 5.41) is 0. The van der Waals surface area contributed by atoms with Crippen molar-refractivity contribution in [3.63, 3.8) is 0 Å². The highest BCUT2D eigenvalue weighted by Crippen LogP contribution is 2.36. The first-order valence-corrected chi connectivity index (χ1v) is 16.0. The molecule has 4 aromatic carbocycles. The maximum atomic E-state index is 13.3. The molecule has 0 saturated heterocycles. The molecule has 0 amide bonds. The van der Waals surface area contributed by atoms with E-state index in [4.69, 9.17) is 9.47 Å². The quantitative estimate of drug-likeness (QED) is 0.196. The lowest BCUT2D eigenvalue weighted by molar-refractivity contribution is 0.000771. The largest absolute Gasteiger partial charge is 0.487 e. The predicted octanol–water partition coefficient (Wildman–Crippen LogP) is 10.1. The highest BCUT2D eigenvalue weighted by atomic mass is 32.2. The lowest BCUT2D eigenvalue weighted by Crippen LogP contribution is -2.42. The minimum Gasteiger partial charge on any atom is -0.487 e. The lowest BCUT2D eigenvalue weighted by Gasteiger charge is -2.39. The highest BCUT2D eigenvalue weighted by molar-refractivity contribution is 7.91. The van der Waals surface area contributed by atoms with Crippen molar-refractivity contribution >= 4 is 9.84 Å². The van der Waals surface area contributed by atoms with Gasteiger partial charge in [0.2, 0.25) is 9.84 Å². The van der Waals surface area contributed by atoms with Gasteiger partial charge in [0.1, 0.15) is 22.8 Å². The van der Waals surface area contributed by atoms with Crippen molar-refractivity contribution in [3.8, 4) is 28.4 Å². The maximum Gasteiger partial charge on any atom is 0.206 e. The van der Waals surface area contributed by atoms with Gasteiger partial charge in [-0.2, -0.15) is 0 Å². The molecule has 4 aromatic rings. The summed E-state index contributed by atoms with van der Waals surface area (Å²) < 4.78 is 38.7. The van der Waals surface area contributed by atoms with E-state index in [0.29, 0.717) is 23.2 Å². The van der Waals surface area contributed by atoms with Crippen LogP contribution in [0.2, 0.25) is 0 Å². The standard InChI is InChI=1S/C37H44O4S/c1-26(2)36(6,7)29-14-10-27(11-15-29)28-12-16-30(17-13-28)40-31-18-22-33(23-19-31)42(38,39)34-24-20-32(21-25-34)41-37(8,9)35(3,4)5/h10-26H,1-9H3. The third kappa shape index (κ3) is 6.73. The molecule has 0 atom stereocenters. The van der Waals surface area contributed by atoms with Crippen LogP contribution >= 0.6 is 0 Å². The Morgan fingerprint density at radius 2 is 0.929 bits per heavy atom. The first-order chi connectivity index (χ1) is 19.5. The number of ether oxygens (including phenoxy) is 2. The number of hydrogen-bond donors (Lipinski definition) is 0. The number of benzene rings is 4. The summed E-state index contributed by atoms with van der Waals surface area (Å²) >= 11 is 0. The molecule has 0 fully saturated rings. The minimum atomic E-state index is -3.68. The topological polar surface area (TPSA) is 52.6 Å². The van der Waals surface area contributed by atoms with Gasteiger partial charge in [-0.1, -0.05) is 84.9 Å². The number of hydrogen-bond acceptors (Lipinski definition) is 4. The third-order valence-corrected chi connectivity index (χ3v) is 10.7. The van der Waals surface area contributed by atoms with Gasteiger partial charge in [-0.15, -0.1) is 0 Å². The lowest BCUT2D eigenvalue weighted by atomic mass is 9.75. The number of rotatable bonds is 9. The van der Waals surface area contributed by atoms with E-state index in [-0.39, 0.29) is 20.6 Å². The molecule has 0 aliphatic rings. The Kier molecular flexibility index (Phi) is 8.67. The Bertz CT molecular complexity index is 1590. The Morgan fingerprint density at radius 3 is 1.33 bits per heavy atom. The zero-order valence-electron chi connectivity index (χ0n) is 26.4. The van der Waals surface area contributed by atoms with Gasteiger partial charge >= 0.3 is 0 Å². The predicted molar refractivity (Wildman–Crippen MR) is 172 cm³/mol. The van der Waals surface area contributed by atoms with Crippen molar-refractivity contribution in [2.75, 3.05) is 0 Å². The Labute approximate surface area is 252 Å². The highest BCUT2D eigenvalue weighted by Gasteiger charge is 2.35. The van der Waals surface area contributed by atoms with Crippen molar-refractivity contribution < 1.29 is 17.9 Å². The molecule has 0 spiro atoms. The van der Waals surface area contributed by atoms with Gasteiger partial charge in [0.15, 0.2) is 0 Å². The fourth-order valence-electron chi connectivity index (χ4n) is 4.23. The second-order valence-corrected chi connectivity index (χ2v) is 15.3. The molecule has 0 heterocycles. The van der Waals surface area contributed by atoms with Gasteiger partial charge in [0, 0.05) is 5.41 Å². The van der Waals surface area contributed by atoms with Gasteiger partial charge in [0.05, 0.1) is 9.79 Å². The Balaban J connectivity index is 1.42. The van der Waals surface area contributed by atoms with Gasteiger partial charge in [0.25, 0.3) is 0 Å². The summed E-state index contributed by atoms with van der Waals surface area (Å²) in [4.78, 5) is 0.423. The molecule has 5 heteroatoms. The van der Waals surface area contributed by atoms with Gasteiger partial charge in [-0.05, 0) is 103 Å². The summed E-state index contributed by atoms with van der Waals surface area (Å²) in [5.41, 5.74) is 3.21. The van der Waals surface area contributed by atoms with E-state index in [9.17, 15) is 8.42 Å². The molecular weight excluding hydrogens is 540 g/mol.